The minimum absolute atomic E-state index is 0.118. The summed E-state index contributed by atoms with van der Waals surface area (Å²) in [6.07, 6.45) is 5.58. The number of aromatic amines is 1. The van der Waals surface area contributed by atoms with E-state index >= 15 is 0 Å². The molecule has 3 heterocycles. The van der Waals surface area contributed by atoms with Crippen molar-refractivity contribution in [2.75, 3.05) is 7.05 Å². The van der Waals surface area contributed by atoms with Crippen LogP contribution in [0.2, 0.25) is 0 Å². The Morgan fingerprint density at radius 2 is 2.26 bits per heavy atom. The third kappa shape index (κ3) is 3.28. The highest BCUT2D eigenvalue weighted by molar-refractivity contribution is 5.91. The van der Waals surface area contributed by atoms with E-state index in [4.69, 9.17) is 4.52 Å². The van der Waals surface area contributed by atoms with Gasteiger partial charge in [-0.15, -0.1) is 0 Å². The summed E-state index contributed by atoms with van der Waals surface area (Å²) in [6, 6.07) is 3.57. The number of carbonyl (C=O) groups is 1. The predicted molar refractivity (Wildman–Crippen MR) is 78.2 cm³/mol. The molecular weight excluding hydrogens is 300 g/mol. The monoisotopic (exact) mass is 312 g/mol. The highest BCUT2D eigenvalue weighted by Crippen LogP contribution is 2.14. The fraction of sp³-hybridized carbons (Fsp3) is 0.143. The Morgan fingerprint density at radius 3 is 2.96 bits per heavy atom. The van der Waals surface area contributed by atoms with E-state index in [9.17, 15) is 9.59 Å². The summed E-state index contributed by atoms with van der Waals surface area (Å²) in [5.41, 5.74) is 0.472. The smallest absolute Gasteiger partial charge is 0.274 e. The number of aromatic nitrogens is 5. The van der Waals surface area contributed by atoms with Crippen molar-refractivity contribution in [1.82, 2.24) is 30.0 Å². The highest BCUT2D eigenvalue weighted by atomic mass is 16.5. The highest BCUT2D eigenvalue weighted by Gasteiger charge is 2.17. The Morgan fingerprint density at radius 1 is 1.39 bits per heavy atom. The molecule has 0 spiro atoms. The summed E-state index contributed by atoms with van der Waals surface area (Å²) in [7, 11) is 1.57. The molecule has 23 heavy (non-hydrogen) atoms. The van der Waals surface area contributed by atoms with Crippen molar-refractivity contribution in [3.8, 4) is 11.4 Å². The molecule has 0 saturated heterocycles. The van der Waals surface area contributed by atoms with Crippen LogP contribution >= 0.6 is 0 Å². The molecule has 3 aromatic rings. The number of H-pyrrole nitrogens is 1. The van der Waals surface area contributed by atoms with Crippen LogP contribution in [0, 0.1) is 0 Å². The van der Waals surface area contributed by atoms with Gasteiger partial charge in [0, 0.05) is 31.2 Å². The van der Waals surface area contributed by atoms with Crippen LogP contribution in [0.25, 0.3) is 11.4 Å². The molecule has 0 aromatic carbocycles. The number of nitrogens with one attached hydrogen (secondary N) is 1. The van der Waals surface area contributed by atoms with Gasteiger partial charge in [0.2, 0.25) is 11.7 Å². The Balaban J connectivity index is 1.72. The van der Waals surface area contributed by atoms with Gasteiger partial charge in [-0.25, -0.2) is 4.98 Å². The molecule has 0 radical (unpaired) electrons. The molecular formula is C14H12N6O3. The molecule has 3 aromatic heterocycles. The Labute approximate surface area is 130 Å². The fourth-order valence-electron chi connectivity index (χ4n) is 1.86. The minimum Gasteiger partial charge on any atom is -0.337 e. The SMILES string of the molecule is CN(Cc1nc(-c2cccnc2)no1)C(=O)c1c[nH]c(=O)cn1. The van der Waals surface area contributed by atoms with Crippen molar-refractivity contribution < 1.29 is 9.32 Å². The predicted octanol–water partition coefficient (Wildman–Crippen LogP) is 0.487. The second-order valence-electron chi connectivity index (χ2n) is 4.71. The average Bonchev–Trinajstić information content (AvgIpc) is 3.04. The molecule has 0 fully saturated rings. The first-order valence-corrected chi connectivity index (χ1v) is 6.66. The standard InChI is InChI=1S/C14H12N6O3/c1-20(14(22)10-6-17-11(21)7-16-10)8-12-18-13(19-23-12)9-3-2-4-15-5-9/h2-7H,8H2,1H3,(H,17,21). The zero-order valence-electron chi connectivity index (χ0n) is 12.1. The van der Waals surface area contributed by atoms with E-state index in [0.29, 0.717) is 5.82 Å². The van der Waals surface area contributed by atoms with Gasteiger partial charge in [-0.3, -0.25) is 14.6 Å². The van der Waals surface area contributed by atoms with Crippen LogP contribution in [-0.2, 0) is 6.54 Å². The summed E-state index contributed by atoms with van der Waals surface area (Å²) in [5, 5.41) is 3.86. The lowest BCUT2D eigenvalue weighted by Crippen LogP contribution is -2.28. The molecule has 1 N–H and O–H groups in total. The number of nitrogens with zero attached hydrogens (tertiary/aromatic N) is 5. The Bertz CT molecular complexity index is 853. The van der Waals surface area contributed by atoms with Gasteiger partial charge in [0.25, 0.3) is 11.5 Å². The molecule has 0 aliphatic carbocycles. The van der Waals surface area contributed by atoms with Gasteiger partial charge in [-0.2, -0.15) is 4.98 Å². The molecule has 9 heteroatoms. The van der Waals surface area contributed by atoms with Gasteiger partial charge in [0.15, 0.2) is 0 Å². The normalized spacial score (nSPS) is 10.5. The first-order chi connectivity index (χ1) is 11.1. The topological polar surface area (TPSA) is 118 Å². The van der Waals surface area contributed by atoms with E-state index in [1.54, 1.807) is 31.6 Å². The number of rotatable bonds is 4. The van der Waals surface area contributed by atoms with Gasteiger partial charge in [0.1, 0.15) is 12.2 Å². The van der Waals surface area contributed by atoms with Crippen molar-refractivity contribution in [3.05, 3.63) is 58.9 Å². The molecule has 0 aliphatic rings. The quantitative estimate of drug-likeness (QED) is 0.744. The van der Waals surface area contributed by atoms with Crippen LogP contribution in [0.5, 0.6) is 0 Å². The second-order valence-corrected chi connectivity index (χ2v) is 4.71. The van der Waals surface area contributed by atoms with Gasteiger partial charge < -0.3 is 14.4 Å². The number of amides is 1. The average molecular weight is 312 g/mol. The maximum absolute atomic E-state index is 12.2. The number of pyridine rings is 1. The van der Waals surface area contributed by atoms with Crippen LogP contribution in [0.3, 0.4) is 0 Å². The second kappa shape index (κ2) is 6.18. The van der Waals surface area contributed by atoms with Gasteiger partial charge in [-0.05, 0) is 12.1 Å². The zero-order chi connectivity index (χ0) is 16.2. The van der Waals surface area contributed by atoms with Gasteiger partial charge in [0.05, 0.1) is 6.20 Å². The molecule has 0 saturated carbocycles. The fourth-order valence-corrected chi connectivity index (χ4v) is 1.86. The molecule has 3 rings (SSSR count). The van der Waals surface area contributed by atoms with Crippen molar-refractivity contribution in [3.63, 3.8) is 0 Å². The first kappa shape index (κ1) is 14.6. The van der Waals surface area contributed by atoms with Crippen LogP contribution in [0.4, 0.5) is 0 Å². The van der Waals surface area contributed by atoms with Crippen LogP contribution in [0.1, 0.15) is 16.4 Å². The molecule has 9 nitrogen and oxygen atoms in total. The van der Waals surface area contributed by atoms with Crippen molar-refractivity contribution in [1.29, 1.82) is 0 Å². The van der Waals surface area contributed by atoms with Gasteiger partial charge >= 0.3 is 0 Å². The summed E-state index contributed by atoms with van der Waals surface area (Å²) < 4.78 is 5.13. The molecule has 0 unspecified atom stereocenters. The van der Waals surface area contributed by atoms with E-state index in [-0.39, 0.29) is 29.6 Å². The van der Waals surface area contributed by atoms with Crippen molar-refractivity contribution in [2.24, 2.45) is 0 Å². The number of hydrogen-bond donors (Lipinski definition) is 1. The molecule has 0 aliphatic heterocycles. The maximum Gasteiger partial charge on any atom is 0.274 e. The summed E-state index contributed by atoms with van der Waals surface area (Å²) in [5.74, 6) is 0.308. The summed E-state index contributed by atoms with van der Waals surface area (Å²) in [4.78, 5) is 38.9. The Hall–Kier alpha value is -3.36. The van der Waals surface area contributed by atoms with Crippen LogP contribution in [-0.4, -0.2) is 42.9 Å². The number of hydrogen-bond acceptors (Lipinski definition) is 7. The summed E-state index contributed by atoms with van der Waals surface area (Å²) >= 11 is 0. The third-order valence-electron chi connectivity index (χ3n) is 3.00. The lowest BCUT2D eigenvalue weighted by molar-refractivity contribution is 0.0763. The van der Waals surface area contributed by atoms with Crippen molar-refractivity contribution >= 4 is 5.91 Å². The molecule has 1 amide bonds. The maximum atomic E-state index is 12.2. The third-order valence-corrected chi connectivity index (χ3v) is 3.00. The number of carbonyl (C=O) groups excluding carboxylic acids is 1. The van der Waals surface area contributed by atoms with Crippen LogP contribution < -0.4 is 5.56 Å². The first-order valence-electron chi connectivity index (χ1n) is 6.66. The Kier molecular flexibility index (Phi) is 3.91. The van der Waals surface area contributed by atoms with E-state index in [1.807, 2.05) is 0 Å². The molecule has 116 valence electrons. The van der Waals surface area contributed by atoms with E-state index in [1.165, 1.54) is 11.1 Å². The minimum atomic E-state index is -0.373. The van der Waals surface area contributed by atoms with Crippen LogP contribution in [0.15, 0.2) is 46.2 Å². The van der Waals surface area contributed by atoms with E-state index in [0.717, 1.165) is 11.8 Å². The zero-order valence-corrected chi connectivity index (χ0v) is 12.1. The molecule has 0 bridgehead atoms. The van der Waals surface area contributed by atoms with Gasteiger partial charge in [-0.1, -0.05) is 5.16 Å². The lowest BCUT2D eigenvalue weighted by Gasteiger charge is -2.13. The lowest BCUT2D eigenvalue weighted by atomic mass is 10.3. The summed E-state index contributed by atoms with van der Waals surface area (Å²) in [6.45, 7) is 0.118. The van der Waals surface area contributed by atoms with E-state index in [2.05, 4.69) is 25.1 Å². The molecule has 0 atom stereocenters. The van der Waals surface area contributed by atoms with E-state index < -0.39 is 0 Å². The van der Waals surface area contributed by atoms with Crippen molar-refractivity contribution in [2.45, 2.75) is 6.54 Å². The largest absolute Gasteiger partial charge is 0.337 e.